The number of aliphatic hydroxyl groups is 2. The summed E-state index contributed by atoms with van der Waals surface area (Å²) in [5, 5.41) is 53.6. The fraction of sp³-hybridized carbons (Fsp3) is 0.300. The van der Waals surface area contributed by atoms with Crippen molar-refractivity contribution in [3.63, 3.8) is 0 Å². The number of nitrogens with one attached hydrogen (secondary N) is 7. The van der Waals surface area contributed by atoms with Gasteiger partial charge in [0.25, 0.3) is 0 Å². The number of aliphatic carboxylic acids is 1. The summed E-state index contributed by atoms with van der Waals surface area (Å²) < 4.78 is 0. The SMILES string of the molecule is C[C@@H](O)[C@H](NC(=O)[C@@H](N)Cc1c[nH]c2ccccc12)C(=O)NCC(=O)N[C@@H](CO)C(=O)N[C@@H](Cc1ccc(O)cc1)C(=O)N[C@@H](Cc1c[nH]c2ccccc12)C(=O)O. The van der Waals surface area contributed by atoms with Gasteiger partial charge in [0, 0.05) is 47.0 Å². The highest BCUT2D eigenvalue weighted by Gasteiger charge is 2.32. The van der Waals surface area contributed by atoms with Crippen LogP contribution in [0.3, 0.4) is 0 Å². The van der Waals surface area contributed by atoms with Crippen LogP contribution in [-0.4, -0.2) is 115 Å². The number of phenolic OH excluding ortho intramolecular Hbond substituents is 1. The molecule has 3 aromatic carbocycles. The number of aromatic nitrogens is 2. The number of carbonyl (C=O) groups is 6. The number of carboxylic acid groups (broad SMARTS) is 1. The second-order valence-corrected chi connectivity index (χ2v) is 13.8. The van der Waals surface area contributed by atoms with Gasteiger partial charge in [-0.1, -0.05) is 48.5 Å². The number of rotatable bonds is 19. The molecule has 2 aromatic heterocycles. The van der Waals surface area contributed by atoms with Crippen molar-refractivity contribution in [1.82, 2.24) is 36.6 Å². The Hall–Kier alpha value is -6.76. The van der Waals surface area contributed by atoms with Crippen LogP contribution in [0.1, 0.15) is 23.6 Å². The summed E-state index contributed by atoms with van der Waals surface area (Å²) >= 11 is 0. The van der Waals surface area contributed by atoms with Gasteiger partial charge < -0.3 is 62.7 Å². The number of aliphatic hydroxyl groups excluding tert-OH is 2. The molecule has 58 heavy (non-hydrogen) atoms. The van der Waals surface area contributed by atoms with Crippen molar-refractivity contribution in [3.05, 3.63) is 102 Å². The Bertz CT molecular complexity index is 2250. The molecule has 0 saturated carbocycles. The van der Waals surface area contributed by atoms with Gasteiger partial charge in [-0.2, -0.15) is 0 Å². The summed E-state index contributed by atoms with van der Waals surface area (Å²) in [6.07, 6.45) is 1.83. The van der Waals surface area contributed by atoms with E-state index in [9.17, 15) is 49.2 Å². The van der Waals surface area contributed by atoms with Crippen molar-refractivity contribution in [2.75, 3.05) is 13.2 Å². The lowest BCUT2D eigenvalue weighted by molar-refractivity contribution is -0.142. The molecule has 0 spiro atoms. The van der Waals surface area contributed by atoms with Crippen LogP contribution in [0.5, 0.6) is 5.75 Å². The molecule has 5 rings (SSSR count). The van der Waals surface area contributed by atoms with Crippen molar-refractivity contribution in [2.45, 2.75) is 62.5 Å². The van der Waals surface area contributed by atoms with Gasteiger partial charge >= 0.3 is 5.97 Å². The molecule has 0 aliphatic rings. The molecular weight excluding hydrogens is 752 g/mol. The number of para-hydroxylation sites is 2. The first-order valence-corrected chi connectivity index (χ1v) is 18.4. The summed E-state index contributed by atoms with van der Waals surface area (Å²) in [4.78, 5) is 84.3. The molecule has 306 valence electrons. The average Bonchev–Trinajstić information content (AvgIpc) is 3.81. The van der Waals surface area contributed by atoms with Crippen LogP contribution >= 0.6 is 0 Å². The third-order valence-electron chi connectivity index (χ3n) is 9.49. The summed E-state index contributed by atoms with van der Waals surface area (Å²) in [5.74, 6) is -5.89. The van der Waals surface area contributed by atoms with Crippen LogP contribution in [0.4, 0.5) is 0 Å². The number of H-pyrrole nitrogens is 2. The van der Waals surface area contributed by atoms with E-state index in [2.05, 4.69) is 36.6 Å². The lowest BCUT2D eigenvalue weighted by Crippen LogP contribution is -2.59. The maximum atomic E-state index is 13.6. The molecular formula is C40H46N8O10. The van der Waals surface area contributed by atoms with Crippen LogP contribution in [-0.2, 0) is 48.0 Å². The van der Waals surface area contributed by atoms with Crippen molar-refractivity contribution < 1.29 is 49.2 Å². The molecule has 0 saturated heterocycles. The molecule has 2 heterocycles. The molecule has 6 atom stereocenters. The summed E-state index contributed by atoms with van der Waals surface area (Å²) in [7, 11) is 0. The van der Waals surface area contributed by atoms with E-state index in [0.29, 0.717) is 11.1 Å². The quantitative estimate of drug-likeness (QED) is 0.0492. The smallest absolute Gasteiger partial charge is 0.326 e. The summed E-state index contributed by atoms with van der Waals surface area (Å²) in [5.41, 5.74) is 9.63. The lowest BCUT2D eigenvalue weighted by atomic mass is 10.0. The van der Waals surface area contributed by atoms with Crippen LogP contribution in [0.25, 0.3) is 21.8 Å². The van der Waals surface area contributed by atoms with E-state index < -0.39 is 85.0 Å². The number of phenols is 1. The molecule has 18 nitrogen and oxygen atoms in total. The number of amides is 5. The Morgan fingerprint density at radius 2 is 1.22 bits per heavy atom. The lowest BCUT2D eigenvalue weighted by Gasteiger charge is -2.24. The van der Waals surface area contributed by atoms with Gasteiger partial charge in [0.15, 0.2) is 0 Å². The Balaban J connectivity index is 1.18. The maximum Gasteiger partial charge on any atom is 0.326 e. The van der Waals surface area contributed by atoms with Gasteiger partial charge in [-0.3, -0.25) is 24.0 Å². The monoisotopic (exact) mass is 798 g/mol. The number of fused-ring (bicyclic) bond motifs is 2. The van der Waals surface area contributed by atoms with E-state index in [-0.39, 0.29) is 25.0 Å². The fourth-order valence-electron chi connectivity index (χ4n) is 6.35. The predicted molar refractivity (Wildman–Crippen MR) is 211 cm³/mol. The summed E-state index contributed by atoms with van der Waals surface area (Å²) in [6, 6.07) is 13.3. The number of carbonyl (C=O) groups excluding carboxylic acids is 5. The molecule has 13 N–H and O–H groups in total. The van der Waals surface area contributed by atoms with Crippen LogP contribution < -0.4 is 32.3 Å². The largest absolute Gasteiger partial charge is 0.508 e. The maximum absolute atomic E-state index is 13.6. The molecule has 0 bridgehead atoms. The highest BCUT2D eigenvalue weighted by atomic mass is 16.4. The first-order chi connectivity index (χ1) is 27.7. The van der Waals surface area contributed by atoms with Gasteiger partial charge in [0.05, 0.1) is 25.3 Å². The van der Waals surface area contributed by atoms with Gasteiger partial charge in [0.1, 0.15) is 29.9 Å². The van der Waals surface area contributed by atoms with Crippen molar-refractivity contribution in [1.29, 1.82) is 0 Å². The highest BCUT2D eigenvalue weighted by Crippen LogP contribution is 2.20. The van der Waals surface area contributed by atoms with Crippen LogP contribution in [0.2, 0.25) is 0 Å². The second-order valence-electron chi connectivity index (χ2n) is 13.8. The van der Waals surface area contributed by atoms with Gasteiger partial charge in [0.2, 0.25) is 29.5 Å². The zero-order valence-electron chi connectivity index (χ0n) is 31.4. The van der Waals surface area contributed by atoms with Crippen molar-refractivity contribution in [3.8, 4) is 5.75 Å². The number of hydrogen-bond acceptors (Lipinski definition) is 10. The molecule has 0 fully saturated rings. The van der Waals surface area contributed by atoms with E-state index >= 15 is 0 Å². The zero-order chi connectivity index (χ0) is 41.9. The third-order valence-corrected chi connectivity index (χ3v) is 9.49. The topological polar surface area (TPSA) is 301 Å². The number of aromatic hydroxyl groups is 1. The van der Waals surface area contributed by atoms with E-state index in [1.165, 1.54) is 31.2 Å². The molecule has 0 aliphatic heterocycles. The first-order valence-electron chi connectivity index (χ1n) is 18.4. The van der Waals surface area contributed by atoms with Crippen LogP contribution in [0.15, 0.2) is 85.2 Å². The molecule has 18 heteroatoms. The average molecular weight is 799 g/mol. The van der Waals surface area contributed by atoms with Gasteiger partial charge in [-0.05, 0) is 54.3 Å². The fourth-order valence-corrected chi connectivity index (χ4v) is 6.35. The highest BCUT2D eigenvalue weighted by molar-refractivity contribution is 5.96. The number of benzene rings is 3. The van der Waals surface area contributed by atoms with E-state index in [1.807, 2.05) is 36.4 Å². The van der Waals surface area contributed by atoms with Gasteiger partial charge in [-0.15, -0.1) is 0 Å². The molecule has 0 aliphatic carbocycles. The minimum atomic E-state index is -1.63. The minimum absolute atomic E-state index is 0.0548. The van der Waals surface area contributed by atoms with Crippen molar-refractivity contribution >= 4 is 57.3 Å². The third kappa shape index (κ3) is 11.0. The number of nitrogens with two attached hydrogens (primary N) is 1. The van der Waals surface area contributed by atoms with E-state index in [0.717, 1.165) is 27.4 Å². The molecule has 5 amide bonds. The molecule has 0 unspecified atom stereocenters. The number of carboxylic acids is 1. The Labute approximate surface area is 331 Å². The second kappa shape index (κ2) is 19.4. The Kier molecular flexibility index (Phi) is 14.2. The number of hydrogen-bond donors (Lipinski definition) is 12. The first kappa shape index (κ1) is 42.4. The van der Waals surface area contributed by atoms with Crippen molar-refractivity contribution in [2.24, 2.45) is 5.73 Å². The number of aromatic amines is 2. The van der Waals surface area contributed by atoms with Gasteiger partial charge in [-0.25, -0.2) is 4.79 Å². The van der Waals surface area contributed by atoms with E-state index in [4.69, 9.17) is 5.73 Å². The normalized spacial score (nSPS) is 14.3. The zero-order valence-corrected chi connectivity index (χ0v) is 31.4. The standard InChI is InChI=1S/C40H46N8O10/c1-21(50)35(48-36(53)28(41)15-23-17-42-29-8-4-2-6-26(23)29)39(56)44-19-34(52)45-33(20-49)38(55)46-31(14-22-10-12-25(51)13-11-22)37(54)47-32(40(57)58)16-24-18-43-30-9-5-3-7-27(24)30/h2-13,17-18,21,28,31-33,35,42-43,49-51H,14-16,19-20,41H2,1H3,(H,44,56)(H,45,52)(H,46,55)(H,47,54)(H,48,53)(H,57,58)/t21-,28+,31+,32+,33+,35+/m1/s1. The minimum Gasteiger partial charge on any atom is -0.508 e. The molecule has 0 radical (unpaired) electrons. The predicted octanol–water partition coefficient (Wildman–Crippen LogP) is -0.777. The Morgan fingerprint density at radius 1 is 0.672 bits per heavy atom. The molecule has 5 aromatic rings. The van der Waals surface area contributed by atoms with E-state index in [1.54, 1.807) is 24.5 Å². The summed E-state index contributed by atoms with van der Waals surface area (Å²) in [6.45, 7) is -0.416. The Morgan fingerprint density at radius 3 is 1.79 bits per heavy atom. The van der Waals surface area contributed by atoms with Crippen LogP contribution in [0, 0.1) is 0 Å².